The first kappa shape index (κ1) is 7.03. The summed E-state index contributed by atoms with van der Waals surface area (Å²) in [5.41, 5.74) is 0.0521. The highest BCUT2D eigenvalue weighted by molar-refractivity contribution is 4.73. The minimum Gasteiger partial charge on any atom is -0.374 e. The Morgan fingerprint density at radius 2 is 2.22 bits per heavy atom. The van der Waals surface area contributed by atoms with Crippen molar-refractivity contribution < 1.29 is 4.74 Å². The maximum Gasteiger partial charge on any atom is 0.0750 e. The van der Waals surface area contributed by atoms with Gasteiger partial charge in [0.25, 0.3) is 0 Å². The maximum atomic E-state index is 5.53. The van der Waals surface area contributed by atoms with Gasteiger partial charge in [0.2, 0.25) is 0 Å². The van der Waals surface area contributed by atoms with Crippen LogP contribution in [0.2, 0.25) is 0 Å². The van der Waals surface area contributed by atoms with Crippen molar-refractivity contribution in [3.8, 4) is 0 Å². The first-order chi connectivity index (χ1) is 4.21. The molecule has 0 aliphatic carbocycles. The van der Waals surface area contributed by atoms with Gasteiger partial charge in [-0.2, -0.15) is 0 Å². The Balaban J connectivity index is 2.36. The minimum atomic E-state index is 0.0521. The fourth-order valence-electron chi connectivity index (χ4n) is 0.986. The molecule has 0 saturated carbocycles. The highest BCUT2D eigenvalue weighted by Crippen LogP contribution is 2.09. The molecule has 0 bridgehead atoms. The van der Waals surface area contributed by atoms with Crippen LogP contribution in [0.3, 0.4) is 0 Å². The Morgan fingerprint density at radius 3 is 3.00 bits per heavy atom. The van der Waals surface area contributed by atoms with E-state index < -0.39 is 0 Å². The Kier molecular flexibility index (Phi) is 2.09. The highest BCUT2D eigenvalue weighted by Gasteiger charge is 2.19. The quantitative estimate of drug-likeness (QED) is 0.521. The standard InChI is InChI=1S/C7H15NO/c1-7(2)6-8-4-3-5-9-7/h8H,3-6H2,1-2H3. The summed E-state index contributed by atoms with van der Waals surface area (Å²) in [5, 5.41) is 3.31. The van der Waals surface area contributed by atoms with Crippen LogP contribution in [0.5, 0.6) is 0 Å². The summed E-state index contributed by atoms with van der Waals surface area (Å²) in [6.45, 7) is 7.22. The van der Waals surface area contributed by atoms with E-state index in [4.69, 9.17) is 4.74 Å². The molecule has 2 heteroatoms. The van der Waals surface area contributed by atoms with Crippen LogP contribution in [-0.4, -0.2) is 25.3 Å². The van der Waals surface area contributed by atoms with E-state index in [0.29, 0.717) is 0 Å². The Morgan fingerprint density at radius 1 is 1.44 bits per heavy atom. The molecule has 2 nitrogen and oxygen atoms in total. The van der Waals surface area contributed by atoms with Crippen LogP contribution in [0.25, 0.3) is 0 Å². The Bertz CT molecular complexity index is 80.9. The SMILES string of the molecule is CC1(C)CNCCCO1. The molecule has 1 heterocycles. The molecule has 1 aliphatic heterocycles. The highest BCUT2D eigenvalue weighted by atomic mass is 16.5. The zero-order chi connectivity index (χ0) is 6.74. The van der Waals surface area contributed by atoms with Gasteiger partial charge in [-0.3, -0.25) is 0 Å². The van der Waals surface area contributed by atoms with E-state index in [1.54, 1.807) is 0 Å². The van der Waals surface area contributed by atoms with E-state index in [1.165, 1.54) is 0 Å². The molecule has 0 amide bonds. The molecule has 9 heavy (non-hydrogen) atoms. The molecule has 1 saturated heterocycles. The van der Waals surface area contributed by atoms with E-state index in [0.717, 1.165) is 26.1 Å². The summed E-state index contributed by atoms with van der Waals surface area (Å²) >= 11 is 0. The van der Waals surface area contributed by atoms with E-state index >= 15 is 0 Å². The fraction of sp³-hybridized carbons (Fsp3) is 1.00. The lowest BCUT2D eigenvalue weighted by molar-refractivity contribution is -0.00370. The molecule has 0 radical (unpaired) electrons. The third kappa shape index (κ3) is 2.33. The van der Waals surface area contributed by atoms with Crippen molar-refractivity contribution in [2.24, 2.45) is 0 Å². The van der Waals surface area contributed by atoms with Gasteiger partial charge in [0, 0.05) is 13.2 Å². The number of hydrogen-bond acceptors (Lipinski definition) is 2. The number of ether oxygens (including phenoxy) is 1. The Hall–Kier alpha value is -0.0800. The van der Waals surface area contributed by atoms with Crippen molar-refractivity contribution in [1.82, 2.24) is 5.32 Å². The summed E-state index contributed by atoms with van der Waals surface area (Å²) in [7, 11) is 0. The summed E-state index contributed by atoms with van der Waals surface area (Å²) < 4.78 is 5.53. The summed E-state index contributed by atoms with van der Waals surface area (Å²) in [4.78, 5) is 0. The predicted octanol–water partition coefficient (Wildman–Crippen LogP) is 0.775. The van der Waals surface area contributed by atoms with Gasteiger partial charge in [0.15, 0.2) is 0 Å². The molecular weight excluding hydrogens is 114 g/mol. The fourth-order valence-corrected chi connectivity index (χ4v) is 0.986. The molecular formula is C7H15NO. The smallest absolute Gasteiger partial charge is 0.0750 e. The van der Waals surface area contributed by atoms with Gasteiger partial charge in [-0.25, -0.2) is 0 Å². The first-order valence-electron chi connectivity index (χ1n) is 3.55. The van der Waals surface area contributed by atoms with Crippen molar-refractivity contribution in [2.75, 3.05) is 19.7 Å². The van der Waals surface area contributed by atoms with Crippen molar-refractivity contribution in [2.45, 2.75) is 25.9 Å². The van der Waals surface area contributed by atoms with Gasteiger partial charge in [-0.05, 0) is 26.8 Å². The maximum absolute atomic E-state index is 5.53. The van der Waals surface area contributed by atoms with Gasteiger partial charge < -0.3 is 10.1 Å². The lowest BCUT2D eigenvalue weighted by Crippen LogP contribution is -2.34. The van der Waals surface area contributed by atoms with Gasteiger partial charge in [0.1, 0.15) is 0 Å². The molecule has 0 aromatic rings. The molecule has 0 aromatic carbocycles. The van der Waals surface area contributed by atoms with Crippen LogP contribution >= 0.6 is 0 Å². The number of nitrogens with one attached hydrogen (secondary N) is 1. The molecule has 1 fully saturated rings. The molecule has 1 rings (SSSR count). The minimum absolute atomic E-state index is 0.0521. The summed E-state index contributed by atoms with van der Waals surface area (Å²) in [6, 6.07) is 0. The Labute approximate surface area is 56.6 Å². The van der Waals surface area contributed by atoms with Crippen LogP contribution in [0.15, 0.2) is 0 Å². The van der Waals surface area contributed by atoms with E-state index in [9.17, 15) is 0 Å². The first-order valence-corrected chi connectivity index (χ1v) is 3.55. The van der Waals surface area contributed by atoms with Crippen molar-refractivity contribution in [3.63, 3.8) is 0 Å². The van der Waals surface area contributed by atoms with Gasteiger partial charge in [-0.15, -0.1) is 0 Å². The zero-order valence-electron chi connectivity index (χ0n) is 6.24. The van der Waals surface area contributed by atoms with Crippen LogP contribution in [0.4, 0.5) is 0 Å². The van der Waals surface area contributed by atoms with E-state index in [-0.39, 0.29) is 5.60 Å². The largest absolute Gasteiger partial charge is 0.374 e. The molecule has 0 spiro atoms. The van der Waals surface area contributed by atoms with E-state index in [2.05, 4.69) is 19.2 Å². The average Bonchev–Trinajstić information content (AvgIpc) is 1.92. The summed E-state index contributed by atoms with van der Waals surface area (Å²) in [5.74, 6) is 0. The topological polar surface area (TPSA) is 21.3 Å². The van der Waals surface area contributed by atoms with Crippen LogP contribution in [0, 0.1) is 0 Å². The van der Waals surface area contributed by atoms with Gasteiger partial charge >= 0.3 is 0 Å². The van der Waals surface area contributed by atoms with Crippen molar-refractivity contribution in [1.29, 1.82) is 0 Å². The van der Waals surface area contributed by atoms with Gasteiger partial charge in [-0.1, -0.05) is 0 Å². The van der Waals surface area contributed by atoms with Gasteiger partial charge in [0.05, 0.1) is 5.60 Å². The second kappa shape index (κ2) is 2.67. The summed E-state index contributed by atoms with van der Waals surface area (Å²) in [6.07, 6.45) is 1.14. The molecule has 1 aliphatic rings. The molecule has 0 unspecified atom stereocenters. The average molecular weight is 129 g/mol. The molecule has 0 aromatic heterocycles. The van der Waals surface area contributed by atoms with Crippen LogP contribution < -0.4 is 5.32 Å². The van der Waals surface area contributed by atoms with Crippen LogP contribution in [-0.2, 0) is 4.74 Å². The second-order valence-electron chi connectivity index (χ2n) is 3.14. The zero-order valence-corrected chi connectivity index (χ0v) is 6.24. The molecule has 54 valence electrons. The predicted molar refractivity (Wildman–Crippen MR) is 37.5 cm³/mol. The van der Waals surface area contributed by atoms with Crippen LogP contribution in [0.1, 0.15) is 20.3 Å². The molecule has 0 atom stereocenters. The second-order valence-corrected chi connectivity index (χ2v) is 3.14. The third-order valence-corrected chi connectivity index (χ3v) is 1.54. The number of rotatable bonds is 0. The lowest BCUT2D eigenvalue weighted by Gasteiger charge is -2.21. The lowest BCUT2D eigenvalue weighted by atomic mass is 10.1. The monoisotopic (exact) mass is 129 g/mol. The van der Waals surface area contributed by atoms with Crippen molar-refractivity contribution in [3.05, 3.63) is 0 Å². The number of hydrogen-bond donors (Lipinski definition) is 1. The third-order valence-electron chi connectivity index (χ3n) is 1.54. The van der Waals surface area contributed by atoms with E-state index in [1.807, 2.05) is 0 Å². The normalized spacial score (nSPS) is 27.3. The molecule has 1 N–H and O–H groups in total. The van der Waals surface area contributed by atoms with Crippen molar-refractivity contribution >= 4 is 0 Å².